The molecule has 0 aromatic heterocycles. The fourth-order valence-electron chi connectivity index (χ4n) is 2.16. The van der Waals surface area contributed by atoms with Gasteiger partial charge in [-0.3, -0.25) is 9.59 Å². The Morgan fingerprint density at radius 3 is 2.71 bits per heavy atom. The SMILES string of the molecule is CC1(C)C(=O)NCCN1C(=O)C=Cc1ccc(Cl)c(Cl)c1. The molecule has 1 saturated heterocycles. The van der Waals surface area contributed by atoms with Crippen molar-refractivity contribution < 1.29 is 9.59 Å². The lowest BCUT2D eigenvalue weighted by molar-refractivity contribution is -0.146. The molecular formula is C15H16Cl2N2O2. The van der Waals surface area contributed by atoms with Gasteiger partial charge in [-0.2, -0.15) is 0 Å². The minimum absolute atomic E-state index is 0.148. The van der Waals surface area contributed by atoms with E-state index in [1.54, 1.807) is 43.0 Å². The molecule has 0 bridgehead atoms. The highest BCUT2D eigenvalue weighted by Crippen LogP contribution is 2.23. The van der Waals surface area contributed by atoms with Crippen molar-refractivity contribution in [2.75, 3.05) is 13.1 Å². The zero-order valence-corrected chi connectivity index (χ0v) is 13.3. The molecule has 1 aliphatic heterocycles. The van der Waals surface area contributed by atoms with Gasteiger partial charge in [0.05, 0.1) is 10.0 Å². The van der Waals surface area contributed by atoms with Crippen molar-refractivity contribution in [2.45, 2.75) is 19.4 Å². The molecule has 1 heterocycles. The minimum atomic E-state index is -0.850. The molecule has 112 valence electrons. The Labute approximate surface area is 133 Å². The largest absolute Gasteiger partial charge is 0.352 e. The monoisotopic (exact) mass is 326 g/mol. The molecule has 2 amide bonds. The summed E-state index contributed by atoms with van der Waals surface area (Å²) < 4.78 is 0. The number of amides is 2. The third-order valence-corrected chi connectivity index (χ3v) is 4.22. The molecule has 1 aromatic rings. The second-order valence-corrected chi connectivity index (χ2v) is 6.13. The second kappa shape index (κ2) is 6.08. The Morgan fingerprint density at radius 2 is 2.05 bits per heavy atom. The Balaban J connectivity index is 2.15. The molecular weight excluding hydrogens is 311 g/mol. The van der Waals surface area contributed by atoms with E-state index >= 15 is 0 Å². The molecule has 1 aromatic carbocycles. The first-order valence-corrected chi connectivity index (χ1v) is 7.31. The van der Waals surface area contributed by atoms with E-state index in [-0.39, 0.29) is 11.8 Å². The highest BCUT2D eigenvalue weighted by molar-refractivity contribution is 6.42. The van der Waals surface area contributed by atoms with Crippen LogP contribution in [0.2, 0.25) is 10.0 Å². The van der Waals surface area contributed by atoms with Crippen LogP contribution in [0.4, 0.5) is 0 Å². The van der Waals surface area contributed by atoms with Crippen LogP contribution < -0.4 is 5.32 Å². The number of rotatable bonds is 2. The topological polar surface area (TPSA) is 49.4 Å². The van der Waals surface area contributed by atoms with Crippen molar-refractivity contribution in [2.24, 2.45) is 0 Å². The second-order valence-electron chi connectivity index (χ2n) is 5.31. The molecule has 21 heavy (non-hydrogen) atoms. The number of benzene rings is 1. The molecule has 0 unspecified atom stereocenters. The summed E-state index contributed by atoms with van der Waals surface area (Å²) in [5.74, 6) is -0.356. The van der Waals surface area contributed by atoms with Crippen LogP contribution in [-0.2, 0) is 9.59 Å². The maximum absolute atomic E-state index is 12.3. The van der Waals surface area contributed by atoms with Gasteiger partial charge in [-0.1, -0.05) is 29.3 Å². The number of carbonyl (C=O) groups is 2. The zero-order valence-electron chi connectivity index (χ0n) is 11.8. The van der Waals surface area contributed by atoms with Crippen molar-refractivity contribution in [1.82, 2.24) is 10.2 Å². The molecule has 1 fully saturated rings. The molecule has 0 radical (unpaired) electrons. The van der Waals surface area contributed by atoms with E-state index in [9.17, 15) is 9.59 Å². The van der Waals surface area contributed by atoms with Crippen molar-refractivity contribution in [3.8, 4) is 0 Å². The summed E-state index contributed by atoms with van der Waals surface area (Å²) >= 11 is 11.8. The van der Waals surface area contributed by atoms with Crippen LogP contribution in [0, 0.1) is 0 Å². The van der Waals surface area contributed by atoms with Gasteiger partial charge in [-0.15, -0.1) is 0 Å². The van der Waals surface area contributed by atoms with Crippen LogP contribution in [-0.4, -0.2) is 35.3 Å². The van der Waals surface area contributed by atoms with Gasteiger partial charge >= 0.3 is 0 Å². The number of nitrogens with zero attached hydrogens (tertiary/aromatic N) is 1. The highest BCUT2D eigenvalue weighted by Gasteiger charge is 2.39. The van der Waals surface area contributed by atoms with Gasteiger partial charge in [-0.05, 0) is 37.6 Å². The molecule has 2 rings (SSSR count). The molecule has 0 saturated carbocycles. The first kappa shape index (κ1) is 15.9. The number of piperazine rings is 1. The number of nitrogens with one attached hydrogen (secondary N) is 1. The fourth-order valence-corrected chi connectivity index (χ4v) is 2.47. The molecule has 4 nitrogen and oxygen atoms in total. The average Bonchev–Trinajstić information content (AvgIpc) is 2.43. The predicted molar refractivity (Wildman–Crippen MR) is 84.3 cm³/mol. The molecule has 0 spiro atoms. The van der Waals surface area contributed by atoms with Crippen LogP contribution in [0.15, 0.2) is 24.3 Å². The zero-order chi connectivity index (χ0) is 15.6. The van der Waals surface area contributed by atoms with Crippen LogP contribution in [0.5, 0.6) is 0 Å². The summed E-state index contributed by atoms with van der Waals surface area (Å²) in [7, 11) is 0. The molecule has 1 N–H and O–H groups in total. The van der Waals surface area contributed by atoms with Crippen molar-refractivity contribution in [3.05, 3.63) is 39.9 Å². The van der Waals surface area contributed by atoms with Gasteiger partial charge in [0.25, 0.3) is 0 Å². The Hall–Kier alpha value is -1.52. The summed E-state index contributed by atoms with van der Waals surface area (Å²) in [6, 6.07) is 5.13. The Morgan fingerprint density at radius 1 is 1.33 bits per heavy atom. The van der Waals surface area contributed by atoms with Gasteiger partial charge < -0.3 is 10.2 Å². The summed E-state index contributed by atoms with van der Waals surface area (Å²) in [5, 5.41) is 3.66. The molecule has 1 aliphatic rings. The van der Waals surface area contributed by atoms with Crippen LogP contribution in [0.1, 0.15) is 19.4 Å². The van der Waals surface area contributed by atoms with Crippen molar-refractivity contribution in [3.63, 3.8) is 0 Å². The third-order valence-electron chi connectivity index (χ3n) is 3.48. The fraction of sp³-hybridized carbons (Fsp3) is 0.333. The number of carbonyl (C=O) groups excluding carboxylic acids is 2. The van der Waals surface area contributed by atoms with Crippen molar-refractivity contribution in [1.29, 1.82) is 0 Å². The van der Waals surface area contributed by atoms with E-state index in [0.29, 0.717) is 23.1 Å². The lowest BCUT2D eigenvalue weighted by Gasteiger charge is -2.40. The molecule has 0 aliphatic carbocycles. The lowest BCUT2D eigenvalue weighted by atomic mass is 9.98. The van der Waals surface area contributed by atoms with E-state index in [1.807, 2.05) is 0 Å². The van der Waals surface area contributed by atoms with E-state index in [2.05, 4.69) is 5.32 Å². The number of halogens is 2. The average molecular weight is 327 g/mol. The van der Waals surface area contributed by atoms with Gasteiger partial charge in [-0.25, -0.2) is 0 Å². The smallest absolute Gasteiger partial charge is 0.247 e. The van der Waals surface area contributed by atoms with Gasteiger partial charge in [0.1, 0.15) is 5.54 Å². The summed E-state index contributed by atoms with van der Waals surface area (Å²) in [6.45, 7) is 4.41. The lowest BCUT2D eigenvalue weighted by Crippen LogP contribution is -2.63. The van der Waals surface area contributed by atoms with Crippen molar-refractivity contribution >= 4 is 41.1 Å². The van der Waals surface area contributed by atoms with Crippen LogP contribution in [0.25, 0.3) is 6.08 Å². The highest BCUT2D eigenvalue weighted by atomic mass is 35.5. The first-order valence-electron chi connectivity index (χ1n) is 6.55. The van der Waals surface area contributed by atoms with Gasteiger partial charge in [0, 0.05) is 19.2 Å². The number of hydrogen-bond acceptors (Lipinski definition) is 2. The third kappa shape index (κ3) is 3.39. The normalized spacial score (nSPS) is 17.9. The Bertz CT molecular complexity index is 612. The maximum Gasteiger partial charge on any atom is 0.247 e. The molecule has 0 atom stereocenters. The number of hydrogen-bond donors (Lipinski definition) is 1. The van der Waals surface area contributed by atoms with Gasteiger partial charge in [0.15, 0.2) is 0 Å². The maximum atomic E-state index is 12.3. The van der Waals surface area contributed by atoms with Gasteiger partial charge in [0.2, 0.25) is 11.8 Å². The quantitative estimate of drug-likeness (QED) is 0.849. The van der Waals surface area contributed by atoms with Crippen LogP contribution in [0.3, 0.4) is 0 Å². The van der Waals surface area contributed by atoms with Crippen LogP contribution >= 0.6 is 23.2 Å². The minimum Gasteiger partial charge on any atom is -0.352 e. The van der Waals surface area contributed by atoms with E-state index in [0.717, 1.165) is 5.56 Å². The van der Waals surface area contributed by atoms with E-state index < -0.39 is 5.54 Å². The summed E-state index contributed by atoms with van der Waals surface area (Å²) in [6.07, 6.45) is 3.10. The summed E-state index contributed by atoms with van der Waals surface area (Å²) in [5.41, 5.74) is -0.0749. The predicted octanol–water partition coefficient (Wildman–Crippen LogP) is 2.74. The van der Waals surface area contributed by atoms with E-state index in [1.165, 1.54) is 6.08 Å². The standard InChI is InChI=1S/C15H16Cl2N2O2/c1-15(2)14(21)18-7-8-19(15)13(20)6-4-10-3-5-11(16)12(17)9-10/h3-6,9H,7-8H2,1-2H3,(H,18,21). The Kier molecular flexibility index (Phi) is 4.59. The van der Waals surface area contributed by atoms with E-state index in [4.69, 9.17) is 23.2 Å². The summed E-state index contributed by atoms with van der Waals surface area (Å²) in [4.78, 5) is 25.7. The molecule has 6 heteroatoms. The first-order chi connectivity index (χ1) is 9.82.